The molecule has 2 aromatic carbocycles. The standard InChI is InChI=1S/C14H12ClNO2/c15-9-11-3-1-2-4-13(11)16-14(18)10-5-7-12(17)8-6-10/h1-8,17H,9H2,(H,16,18). The van der Waals surface area contributed by atoms with Crippen LogP contribution in [0, 0.1) is 0 Å². The van der Waals surface area contributed by atoms with E-state index >= 15 is 0 Å². The lowest BCUT2D eigenvalue weighted by Gasteiger charge is -2.09. The van der Waals surface area contributed by atoms with Gasteiger partial charge in [0.05, 0.1) is 0 Å². The SMILES string of the molecule is O=C(Nc1ccccc1CCl)c1ccc(O)cc1. The van der Waals surface area contributed by atoms with Crippen molar-refractivity contribution in [2.45, 2.75) is 5.88 Å². The van der Waals surface area contributed by atoms with Gasteiger partial charge in [0.25, 0.3) is 5.91 Å². The Hall–Kier alpha value is -2.00. The molecule has 3 nitrogen and oxygen atoms in total. The highest BCUT2D eigenvalue weighted by atomic mass is 35.5. The molecule has 0 radical (unpaired) electrons. The van der Waals surface area contributed by atoms with E-state index in [4.69, 9.17) is 16.7 Å². The van der Waals surface area contributed by atoms with Gasteiger partial charge in [-0.3, -0.25) is 4.79 Å². The predicted molar refractivity (Wildman–Crippen MR) is 72.1 cm³/mol. The fraction of sp³-hybridized carbons (Fsp3) is 0.0714. The van der Waals surface area contributed by atoms with Crippen LogP contribution in [0.1, 0.15) is 15.9 Å². The van der Waals surface area contributed by atoms with Gasteiger partial charge in [0.1, 0.15) is 5.75 Å². The molecule has 92 valence electrons. The monoisotopic (exact) mass is 261 g/mol. The first kappa shape index (κ1) is 12.5. The highest BCUT2D eigenvalue weighted by Gasteiger charge is 2.08. The Bertz CT molecular complexity index is 552. The number of nitrogens with one attached hydrogen (secondary N) is 1. The maximum atomic E-state index is 12.0. The number of para-hydroxylation sites is 1. The molecule has 0 saturated carbocycles. The number of carbonyl (C=O) groups excluding carboxylic acids is 1. The summed E-state index contributed by atoms with van der Waals surface area (Å²) >= 11 is 5.80. The summed E-state index contributed by atoms with van der Waals surface area (Å²) in [5.41, 5.74) is 2.05. The lowest BCUT2D eigenvalue weighted by Crippen LogP contribution is -2.12. The fourth-order valence-corrected chi connectivity index (χ4v) is 1.80. The molecule has 0 bridgehead atoms. The number of aromatic hydroxyl groups is 1. The van der Waals surface area contributed by atoms with Crippen LogP contribution in [0.4, 0.5) is 5.69 Å². The lowest BCUT2D eigenvalue weighted by molar-refractivity contribution is 0.102. The van der Waals surface area contributed by atoms with Crippen LogP contribution in [0.2, 0.25) is 0 Å². The molecule has 0 aliphatic rings. The van der Waals surface area contributed by atoms with Gasteiger partial charge in [0, 0.05) is 17.1 Å². The average Bonchev–Trinajstić information content (AvgIpc) is 2.40. The summed E-state index contributed by atoms with van der Waals surface area (Å²) in [4.78, 5) is 12.0. The second-order valence-corrected chi connectivity index (χ2v) is 4.06. The smallest absolute Gasteiger partial charge is 0.255 e. The second-order valence-electron chi connectivity index (χ2n) is 3.79. The van der Waals surface area contributed by atoms with Crippen molar-refractivity contribution in [3.8, 4) is 5.75 Å². The van der Waals surface area contributed by atoms with E-state index < -0.39 is 0 Å². The fourth-order valence-electron chi connectivity index (χ4n) is 1.57. The maximum absolute atomic E-state index is 12.0. The van der Waals surface area contributed by atoms with Gasteiger partial charge in [0.15, 0.2) is 0 Å². The van der Waals surface area contributed by atoms with Gasteiger partial charge in [-0.1, -0.05) is 18.2 Å². The van der Waals surface area contributed by atoms with Gasteiger partial charge in [-0.25, -0.2) is 0 Å². The van der Waals surface area contributed by atoms with E-state index in [1.54, 1.807) is 18.2 Å². The molecule has 0 aliphatic heterocycles. The van der Waals surface area contributed by atoms with E-state index in [2.05, 4.69) is 5.32 Å². The molecule has 18 heavy (non-hydrogen) atoms. The van der Waals surface area contributed by atoms with Crippen molar-refractivity contribution in [1.29, 1.82) is 0 Å². The third-order valence-electron chi connectivity index (χ3n) is 2.54. The first-order valence-corrected chi connectivity index (χ1v) is 5.98. The van der Waals surface area contributed by atoms with E-state index in [9.17, 15) is 4.79 Å². The lowest BCUT2D eigenvalue weighted by atomic mass is 10.1. The van der Waals surface area contributed by atoms with Crippen molar-refractivity contribution in [2.75, 3.05) is 5.32 Å². The number of rotatable bonds is 3. The quantitative estimate of drug-likeness (QED) is 0.832. The Morgan fingerprint density at radius 1 is 1.11 bits per heavy atom. The van der Waals surface area contributed by atoms with Crippen LogP contribution in [0.25, 0.3) is 0 Å². The molecule has 2 aromatic rings. The number of hydrogen-bond donors (Lipinski definition) is 2. The Morgan fingerprint density at radius 2 is 1.78 bits per heavy atom. The van der Waals surface area contributed by atoms with Gasteiger partial charge >= 0.3 is 0 Å². The van der Waals surface area contributed by atoms with Gasteiger partial charge in [-0.15, -0.1) is 11.6 Å². The summed E-state index contributed by atoms with van der Waals surface area (Å²) in [7, 11) is 0. The molecule has 1 amide bonds. The summed E-state index contributed by atoms with van der Waals surface area (Å²) in [5.74, 6) is 0.242. The topological polar surface area (TPSA) is 49.3 Å². The Balaban J connectivity index is 2.18. The molecular formula is C14H12ClNO2. The number of hydrogen-bond acceptors (Lipinski definition) is 2. The molecule has 2 rings (SSSR count). The van der Waals surface area contributed by atoms with Crippen LogP contribution in [0.5, 0.6) is 5.75 Å². The number of anilines is 1. The molecule has 0 fully saturated rings. The normalized spacial score (nSPS) is 10.1. The highest BCUT2D eigenvalue weighted by molar-refractivity contribution is 6.17. The van der Waals surface area contributed by atoms with Crippen molar-refractivity contribution < 1.29 is 9.90 Å². The van der Waals surface area contributed by atoms with Crippen LogP contribution in [-0.2, 0) is 5.88 Å². The Labute approximate surface area is 110 Å². The summed E-state index contributed by atoms with van der Waals surface area (Å²) in [6.07, 6.45) is 0. The minimum atomic E-state index is -0.229. The van der Waals surface area contributed by atoms with Crippen molar-refractivity contribution >= 4 is 23.2 Å². The van der Waals surface area contributed by atoms with Crippen LogP contribution in [0.15, 0.2) is 48.5 Å². The zero-order valence-electron chi connectivity index (χ0n) is 9.56. The molecule has 0 atom stereocenters. The first-order valence-electron chi connectivity index (χ1n) is 5.45. The van der Waals surface area contributed by atoms with Gasteiger partial charge in [-0.2, -0.15) is 0 Å². The van der Waals surface area contributed by atoms with E-state index in [1.165, 1.54) is 12.1 Å². The Kier molecular flexibility index (Phi) is 3.85. The third-order valence-corrected chi connectivity index (χ3v) is 2.83. The molecule has 0 saturated heterocycles. The van der Waals surface area contributed by atoms with Crippen molar-refractivity contribution in [3.63, 3.8) is 0 Å². The summed E-state index contributed by atoms with van der Waals surface area (Å²) in [6, 6.07) is 13.4. The van der Waals surface area contributed by atoms with Crippen molar-refractivity contribution in [3.05, 3.63) is 59.7 Å². The molecule has 0 unspecified atom stereocenters. The van der Waals surface area contributed by atoms with Crippen LogP contribution < -0.4 is 5.32 Å². The van der Waals surface area contributed by atoms with E-state index in [-0.39, 0.29) is 11.7 Å². The summed E-state index contributed by atoms with van der Waals surface area (Å²) in [6.45, 7) is 0. The summed E-state index contributed by atoms with van der Waals surface area (Å²) in [5, 5.41) is 12.0. The van der Waals surface area contributed by atoms with Crippen molar-refractivity contribution in [1.82, 2.24) is 0 Å². The number of phenols is 1. The molecule has 0 aliphatic carbocycles. The number of halogens is 1. The maximum Gasteiger partial charge on any atom is 0.255 e. The largest absolute Gasteiger partial charge is 0.508 e. The molecule has 2 N–H and O–H groups in total. The minimum absolute atomic E-state index is 0.132. The first-order chi connectivity index (χ1) is 8.70. The zero-order chi connectivity index (χ0) is 13.0. The molecule has 4 heteroatoms. The zero-order valence-corrected chi connectivity index (χ0v) is 10.3. The second kappa shape index (κ2) is 5.56. The highest BCUT2D eigenvalue weighted by Crippen LogP contribution is 2.18. The molecule has 0 aromatic heterocycles. The number of carbonyl (C=O) groups is 1. The average molecular weight is 262 g/mol. The van der Waals surface area contributed by atoms with E-state index in [1.807, 2.05) is 18.2 Å². The summed E-state index contributed by atoms with van der Waals surface area (Å²) < 4.78 is 0. The number of alkyl halides is 1. The molecule has 0 spiro atoms. The van der Waals surface area contributed by atoms with Crippen molar-refractivity contribution in [2.24, 2.45) is 0 Å². The number of amides is 1. The van der Waals surface area contributed by atoms with Gasteiger partial charge in [0.2, 0.25) is 0 Å². The minimum Gasteiger partial charge on any atom is -0.508 e. The number of phenolic OH excluding ortho intramolecular Hbond substituents is 1. The number of benzene rings is 2. The predicted octanol–water partition coefficient (Wildman–Crippen LogP) is 3.38. The van der Waals surface area contributed by atoms with E-state index in [0.717, 1.165) is 5.56 Å². The van der Waals surface area contributed by atoms with Gasteiger partial charge in [-0.05, 0) is 35.9 Å². The Morgan fingerprint density at radius 3 is 2.44 bits per heavy atom. The van der Waals surface area contributed by atoms with Crippen LogP contribution in [0.3, 0.4) is 0 Å². The van der Waals surface area contributed by atoms with Crippen LogP contribution in [-0.4, -0.2) is 11.0 Å². The van der Waals surface area contributed by atoms with Crippen LogP contribution >= 0.6 is 11.6 Å². The van der Waals surface area contributed by atoms with Gasteiger partial charge < -0.3 is 10.4 Å². The molecule has 0 heterocycles. The third kappa shape index (κ3) is 2.81. The molecular weight excluding hydrogens is 250 g/mol. The van der Waals surface area contributed by atoms with E-state index in [0.29, 0.717) is 17.1 Å².